The van der Waals surface area contributed by atoms with Crippen molar-refractivity contribution >= 4 is 33.1 Å². The van der Waals surface area contributed by atoms with Gasteiger partial charge in [-0.15, -0.1) is 10.2 Å². The Bertz CT molecular complexity index is 1070. The van der Waals surface area contributed by atoms with E-state index in [9.17, 15) is 9.18 Å². The minimum Gasteiger partial charge on any atom is -0.296 e. The molecule has 1 N–H and O–H groups in total. The van der Waals surface area contributed by atoms with Gasteiger partial charge < -0.3 is 0 Å². The number of aromatic nitrogens is 2. The molecule has 0 atom stereocenters. The first-order valence-electron chi connectivity index (χ1n) is 8.05. The second-order valence-corrected chi connectivity index (χ2v) is 6.85. The van der Waals surface area contributed by atoms with E-state index in [1.807, 2.05) is 36.4 Å². The molecule has 0 unspecified atom stereocenters. The first-order valence-corrected chi connectivity index (χ1v) is 8.86. The lowest BCUT2D eigenvalue weighted by molar-refractivity contribution is 0.102. The quantitative estimate of drug-likeness (QED) is 0.573. The molecule has 0 saturated carbocycles. The monoisotopic (exact) mass is 363 g/mol. The number of anilines is 1. The zero-order chi connectivity index (χ0) is 17.9. The molecule has 0 aliphatic heterocycles. The van der Waals surface area contributed by atoms with Gasteiger partial charge in [-0.05, 0) is 34.5 Å². The average Bonchev–Trinajstić information content (AvgIpc) is 3.10. The van der Waals surface area contributed by atoms with Crippen molar-refractivity contribution in [3.05, 3.63) is 88.7 Å². The largest absolute Gasteiger partial charge is 0.296 e. The Kier molecular flexibility index (Phi) is 4.41. The van der Waals surface area contributed by atoms with Crippen LogP contribution in [-0.4, -0.2) is 16.1 Å². The first-order chi connectivity index (χ1) is 12.7. The van der Waals surface area contributed by atoms with Crippen LogP contribution in [0.3, 0.4) is 0 Å². The highest BCUT2D eigenvalue weighted by molar-refractivity contribution is 7.15. The second-order valence-electron chi connectivity index (χ2n) is 5.79. The van der Waals surface area contributed by atoms with Gasteiger partial charge in [-0.3, -0.25) is 10.1 Å². The van der Waals surface area contributed by atoms with Crippen LogP contribution in [0.5, 0.6) is 0 Å². The van der Waals surface area contributed by atoms with Crippen LogP contribution in [0.1, 0.15) is 20.9 Å². The number of carbonyl (C=O) groups is 1. The lowest BCUT2D eigenvalue weighted by Crippen LogP contribution is -2.12. The van der Waals surface area contributed by atoms with Gasteiger partial charge in [-0.25, -0.2) is 4.39 Å². The number of nitrogens with zero attached hydrogens (tertiary/aromatic N) is 2. The third-order valence-electron chi connectivity index (χ3n) is 3.99. The van der Waals surface area contributed by atoms with Gasteiger partial charge in [0.15, 0.2) is 0 Å². The highest BCUT2D eigenvalue weighted by Gasteiger charge is 2.13. The number of fused-ring (bicyclic) bond motifs is 1. The van der Waals surface area contributed by atoms with Crippen LogP contribution in [0, 0.1) is 5.82 Å². The summed E-state index contributed by atoms with van der Waals surface area (Å²) >= 11 is 1.31. The van der Waals surface area contributed by atoms with Gasteiger partial charge in [-0.2, -0.15) is 0 Å². The predicted molar refractivity (Wildman–Crippen MR) is 101 cm³/mol. The van der Waals surface area contributed by atoms with Crippen molar-refractivity contribution in [3.63, 3.8) is 0 Å². The molecule has 0 spiro atoms. The lowest BCUT2D eigenvalue weighted by atomic mass is 10.0. The molecule has 1 aromatic heterocycles. The molecule has 4 aromatic rings. The van der Waals surface area contributed by atoms with Crippen LogP contribution >= 0.6 is 11.3 Å². The summed E-state index contributed by atoms with van der Waals surface area (Å²) in [5, 5.41) is 14.1. The Balaban J connectivity index is 1.51. The fraction of sp³-hybridized carbons (Fsp3) is 0.0500. The minimum atomic E-state index is -0.269. The Morgan fingerprint density at radius 1 is 0.962 bits per heavy atom. The smallest absolute Gasteiger partial charge is 0.258 e. The Morgan fingerprint density at radius 3 is 2.58 bits per heavy atom. The van der Waals surface area contributed by atoms with Gasteiger partial charge in [0.05, 0.1) is 0 Å². The summed E-state index contributed by atoms with van der Waals surface area (Å²) < 4.78 is 13.0. The van der Waals surface area contributed by atoms with E-state index >= 15 is 0 Å². The molecule has 0 bridgehead atoms. The summed E-state index contributed by atoms with van der Waals surface area (Å²) in [6, 6.07) is 19.6. The summed E-state index contributed by atoms with van der Waals surface area (Å²) in [4.78, 5) is 12.6. The number of hydrogen-bond acceptors (Lipinski definition) is 4. The number of halogens is 1. The van der Waals surface area contributed by atoms with E-state index in [0.717, 1.165) is 21.3 Å². The van der Waals surface area contributed by atoms with Gasteiger partial charge in [0.25, 0.3) is 5.91 Å². The Morgan fingerprint density at radius 2 is 1.73 bits per heavy atom. The molecular weight excluding hydrogens is 349 g/mol. The van der Waals surface area contributed by atoms with Crippen LogP contribution in [-0.2, 0) is 6.42 Å². The minimum absolute atomic E-state index is 0.216. The number of carbonyl (C=O) groups excluding carboxylic acids is 1. The number of nitrogens with one attached hydrogen (secondary N) is 1. The normalized spacial score (nSPS) is 10.8. The van der Waals surface area contributed by atoms with Gasteiger partial charge in [0.1, 0.15) is 10.8 Å². The molecule has 0 fully saturated rings. The van der Waals surface area contributed by atoms with Crippen LogP contribution in [0.2, 0.25) is 0 Å². The molecule has 1 amide bonds. The summed E-state index contributed by atoms with van der Waals surface area (Å²) in [5.41, 5.74) is 1.54. The van der Waals surface area contributed by atoms with E-state index in [1.165, 1.54) is 23.5 Å². The van der Waals surface area contributed by atoms with E-state index in [1.54, 1.807) is 18.2 Å². The maximum Gasteiger partial charge on any atom is 0.258 e. The van der Waals surface area contributed by atoms with Crippen LogP contribution in [0.25, 0.3) is 10.8 Å². The van der Waals surface area contributed by atoms with Crippen LogP contribution in [0.4, 0.5) is 9.52 Å². The van der Waals surface area contributed by atoms with Crippen LogP contribution < -0.4 is 5.32 Å². The van der Waals surface area contributed by atoms with E-state index < -0.39 is 0 Å². The van der Waals surface area contributed by atoms with E-state index in [-0.39, 0.29) is 11.7 Å². The molecule has 1 heterocycles. The lowest BCUT2D eigenvalue weighted by Gasteiger charge is -2.05. The zero-order valence-corrected chi connectivity index (χ0v) is 14.5. The fourth-order valence-corrected chi connectivity index (χ4v) is 3.51. The number of benzene rings is 3. The molecule has 26 heavy (non-hydrogen) atoms. The Hall–Kier alpha value is -3.12. The topological polar surface area (TPSA) is 54.9 Å². The predicted octanol–water partition coefficient (Wildman–Crippen LogP) is 4.67. The average molecular weight is 363 g/mol. The molecule has 4 nitrogen and oxygen atoms in total. The van der Waals surface area contributed by atoms with Crippen molar-refractivity contribution in [2.75, 3.05) is 5.32 Å². The van der Waals surface area contributed by atoms with E-state index in [0.29, 0.717) is 17.1 Å². The zero-order valence-electron chi connectivity index (χ0n) is 13.6. The number of amides is 1. The molecule has 0 saturated heterocycles. The van der Waals surface area contributed by atoms with Gasteiger partial charge >= 0.3 is 0 Å². The van der Waals surface area contributed by atoms with Crippen LogP contribution in [0.15, 0.2) is 66.7 Å². The Labute approximate surface area is 153 Å². The molecule has 0 aliphatic carbocycles. The molecule has 0 aliphatic rings. The summed E-state index contributed by atoms with van der Waals surface area (Å²) in [5.74, 6) is -0.486. The number of rotatable bonds is 4. The molecule has 6 heteroatoms. The summed E-state index contributed by atoms with van der Waals surface area (Å²) in [7, 11) is 0. The van der Waals surface area contributed by atoms with Gasteiger partial charge in [0.2, 0.25) is 5.13 Å². The van der Waals surface area contributed by atoms with Crippen molar-refractivity contribution in [1.82, 2.24) is 10.2 Å². The van der Waals surface area contributed by atoms with Gasteiger partial charge in [-0.1, -0.05) is 59.9 Å². The SMILES string of the molecule is O=C(Nc1nnc(Cc2ccc(F)cc2)s1)c1cccc2ccccc12. The summed E-state index contributed by atoms with van der Waals surface area (Å²) in [6.07, 6.45) is 0.544. The molecule has 3 aromatic carbocycles. The fourth-order valence-electron chi connectivity index (χ4n) is 2.74. The van der Waals surface area contributed by atoms with E-state index in [4.69, 9.17) is 0 Å². The standard InChI is InChI=1S/C20H14FN3OS/c21-15-10-8-13(9-11-15)12-18-23-24-20(26-18)22-19(25)17-7-3-5-14-4-1-2-6-16(14)17/h1-11H,12H2,(H,22,24,25). The van der Waals surface area contributed by atoms with Crippen molar-refractivity contribution in [3.8, 4) is 0 Å². The molecular formula is C20H14FN3OS. The van der Waals surface area contributed by atoms with Crippen molar-refractivity contribution in [2.24, 2.45) is 0 Å². The highest BCUT2D eigenvalue weighted by Crippen LogP contribution is 2.22. The second kappa shape index (κ2) is 7.01. The van der Waals surface area contributed by atoms with E-state index in [2.05, 4.69) is 15.5 Å². The third-order valence-corrected chi connectivity index (χ3v) is 4.83. The van der Waals surface area contributed by atoms with Gasteiger partial charge in [0, 0.05) is 12.0 Å². The van der Waals surface area contributed by atoms with Crippen molar-refractivity contribution in [2.45, 2.75) is 6.42 Å². The highest BCUT2D eigenvalue weighted by atomic mass is 32.1. The molecule has 4 rings (SSSR count). The van der Waals surface area contributed by atoms with Crippen molar-refractivity contribution in [1.29, 1.82) is 0 Å². The molecule has 128 valence electrons. The van der Waals surface area contributed by atoms with Crippen molar-refractivity contribution < 1.29 is 9.18 Å². The number of hydrogen-bond donors (Lipinski definition) is 1. The first kappa shape index (κ1) is 16.4. The maximum absolute atomic E-state index is 13.0. The molecule has 0 radical (unpaired) electrons. The summed E-state index contributed by atoms with van der Waals surface area (Å²) in [6.45, 7) is 0. The third kappa shape index (κ3) is 3.45. The maximum atomic E-state index is 13.0.